The van der Waals surface area contributed by atoms with Gasteiger partial charge in [-0.05, 0) is 41.5 Å². The Balaban J connectivity index is 1.41. The lowest BCUT2D eigenvalue weighted by atomic mass is 10.1. The number of hydrogen-bond acceptors (Lipinski definition) is 4. The van der Waals surface area contributed by atoms with Gasteiger partial charge in [-0.15, -0.1) is 0 Å². The average Bonchev–Trinajstić information content (AvgIpc) is 2.70. The lowest BCUT2D eigenvalue weighted by Gasteiger charge is -2.10. The highest BCUT2D eigenvalue weighted by molar-refractivity contribution is 5.99. The minimum atomic E-state index is -0.502. The SMILES string of the molecule is Cc1ccccc1OCCOC(=O)CNC(=O)c1ccc2ccccc2c1. The summed E-state index contributed by atoms with van der Waals surface area (Å²) >= 11 is 0. The molecule has 3 aromatic carbocycles. The molecule has 0 heterocycles. The fraction of sp³-hybridized carbons (Fsp3) is 0.182. The smallest absolute Gasteiger partial charge is 0.325 e. The maximum absolute atomic E-state index is 12.2. The number of aryl methyl sites for hydroxylation is 1. The Morgan fingerprint density at radius 3 is 2.44 bits per heavy atom. The fourth-order valence-corrected chi connectivity index (χ4v) is 2.66. The number of rotatable bonds is 7. The average molecular weight is 363 g/mol. The lowest BCUT2D eigenvalue weighted by Crippen LogP contribution is -2.31. The molecular weight excluding hydrogens is 342 g/mol. The molecule has 27 heavy (non-hydrogen) atoms. The molecule has 1 amide bonds. The third-order valence-electron chi connectivity index (χ3n) is 4.10. The summed E-state index contributed by atoms with van der Waals surface area (Å²) in [5.74, 6) is -0.0513. The number of ether oxygens (including phenoxy) is 2. The second-order valence-corrected chi connectivity index (χ2v) is 6.08. The highest BCUT2D eigenvalue weighted by Crippen LogP contribution is 2.16. The van der Waals surface area contributed by atoms with Gasteiger partial charge in [-0.25, -0.2) is 0 Å². The Labute approximate surface area is 157 Å². The van der Waals surface area contributed by atoms with Gasteiger partial charge < -0.3 is 14.8 Å². The number of carbonyl (C=O) groups excluding carboxylic acids is 2. The van der Waals surface area contributed by atoms with Crippen molar-refractivity contribution in [1.29, 1.82) is 0 Å². The van der Waals surface area contributed by atoms with Gasteiger partial charge in [0.1, 0.15) is 25.5 Å². The fourth-order valence-electron chi connectivity index (χ4n) is 2.66. The molecule has 5 nitrogen and oxygen atoms in total. The molecule has 0 atom stereocenters. The Hall–Kier alpha value is -3.34. The van der Waals surface area contributed by atoms with E-state index in [0.29, 0.717) is 5.56 Å². The summed E-state index contributed by atoms with van der Waals surface area (Å²) in [7, 11) is 0. The predicted octanol–water partition coefficient (Wildman–Crippen LogP) is 3.50. The molecule has 3 aromatic rings. The third kappa shape index (κ3) is 5.07. The van der Waals surface area contributed by atoms with Crippen LogP contribution in [0.15, 0.2) is 66.7 Å². The van der Waals surface area contributed by atoms with Crippen molar-refractivity contribution in [3.05, 3.63) is 77.9 Å². The van der Waals surface area contributed by atoms with E-state index >= 15 is 0 Å². The summed E-state index contributed by atoms with van der Waals surface area (Å²) < 4.78 is 10.6. The molecule has 5 heteroatoms. The van der Waals surface area contributed by atoms with E-state index in [1.807, 2.05) is 61.5 Å². The van der Waals surface area contributed by atoms with Crippen molar-refractivity contribution in [3.63, 3.8) is 0 Å². The van der Waals surface area contributed by atoms with Crippen molar-refractivity contribution in [2.75, 3.05) is 19.8 Å². The number of fused-ring (bicyclic) bond motifs is 1. The zero-order chi connectivity index (χ0) is 19.1. The second kappa shape index (κ2) is 8.85. The molecule has 0 unspecified atom stereocenters. The first kappa shape index (κ1) is 18.5. The molecule has 3 rings (SSSR count). The molecule has 0 fully saturated rings. The van der Waals surface area contributed by atoms with Gasteiger partial charge in [0.2, 0.25) is 0 Å². The normalized spacial score (nSPS) is 10.4. The van der Waals surface area contributed by atoms with E-state index in [0.717, 1.165) is 22.1 Å². The lowest BCUT2D eigenvalue weighted by molar-refractivity contribution is -0.143. The number of para-hydroxylation sites is 1. The topological polar surface area (TPSA) is 64.6 Å². The van der Waals surface area contributed by atoms with Gasteiger partial charge in [-0.3, -0.25) is 9.59 Å². The second-order valence-electron chi connectivity index (χ2n) is 6.08. The summed E-state index contributed by atoms with van der Waals surface area (Å²) in [5.41, 5.74) is 1.52. The number of benzene rings is 3. The quantitative estimate of drug-likeness (QED) is 0.515. The highest BCUT2D eigenvalue weighted by Gasteiger charge is 2.09. The molecule has 0 bridgehead atoms. The Morgan fingerprint density at radius 1 is 0.889 bits per heavy atom. The van der Waals surface area contributed by atoms with Crippen LogP contribution < -0.4 is 10.1 Å². The van der Waals surface area contributed by atoms with Crippen LogP contribution in [0, 0.1) is 6.92 Å². The van der Waals surface area contributed by atoms with Crippen molar-refractivity contribution in [2.45, 2.75) is 6.92 Å². The zero-order valence-corrected chi connectivity index (χ0v) is 15.1. The van der Waals surface area contributed by atoms with Gasteiger partial charge in [0.15, 0.2) is 0 Å². The molecule has 138 valence electrons. The van der Waals surface area contributed by atoms with Gasteiger partial charge in [0.05, 0.1) is 0 Å². The molecule has 0 saturated heterocycles. The summed E-state index contributed by atoms with van der Waals surface area (Å²) in [6.45, 7) is 2.15. The van der Waals surface area contributed by atoms with Crippen LogP contribution in [0.5, 0.6) is 5.75 Å². The minimum Gasteiger partial charge on any atom is -0.490 e. The Morgan fingerprint density at radius 2 is 1.63 bits per heavy atom. The van der Waals surface area contributed by atoms with E-state index in [2.05, 4.69) is 5.32 Å². The van der Waals surface area contributed by atoms with Crippen LogP contribution in [0.1, 0.15) is 15.9 Å². The number of hydrogen-bond donors (Lipinski definition) is 1. The van der Waals surface area contributed by atoms with E-state index in [-0.39, 0.29) is 25.7 Å². The van der Waals surface area contributed by atoms with Gasteiger partial charge in [-0.2, -0.15) is 0 Å². The number of carbonyl (C=O) groups is 2. The summed E-state index contributed by atoms with van der Waals surface area (Å²) in [4.78, 5) is 24.0. The van der Waals surface area contributed by atoms with Crippen LogP contribution in [0.4, 0.5) is 0 Å². The predicted molar refractivity (Wildman–Crippen MR) is 104 cm³/mol. The van der Waals surface area contributed by atoms with E-state index in [1.54, 1.807) is 12.1 Å². The van der Waals surface area contributed by atoms with Crippen molar-refractivity contribution in [1.82, 2.24) is 5.32 Å². The van der Waals surface area contributed by atoms with Gasteiger partial charge >= 0.3 is 5.97 Å². The van der Waals surface area contributed by atoms with Crippen LogP contribution in [0.3, 0.4) is 0 Å². The molecule has 0 aliphatic rings. The van der Waals surface area contributed by atoms with Gasteiger partial charge in [0.25, 0.3) is 5.91 Å². The molecule has 0 aliphatic carbocycles. The summed E-state index contributed by atoms with van der Waals surface area (Å²) in [6, 6.07) is 20.8. The maximum Gasteiger partial charge on any atom is 0.325 e. The molecular formula is C22H21NO4. The highest BCUT2D eigenvalue weighted by atomic mass is 16.6. The first-order valence-corrected chi connectivity index (χ1v) is 8.74. The van der Waals surface area contributed by atoms with Crippen LogP contribution in [-0.4, -0.2) is 31.6 Å². The first-order valence-electron chi connectivity index (χ1n) is 8.74. The largest absolute Gasteiger partial charge is 0.490 e. The maximum atomic E-state index is 12.2. The van der Waals surface area contributed by atoms with Crippen molar-refractivity contribution >= 4 is 22.6 Å². The van der Waals surface area contributed by atoms with Crippen LogP contribution in [0.2, 0.25) is 0 Å². The summed E-state index contributed by atoms with van der Waals surface area (Å²) in [6.07, 6.45) is 0. The Kier molecular flexibility index (Phi) is 6.05. The number of amides is 1. The van der Waals surface area contributed by atoms with E-state index in [4.69, 9.17) is 9.47 Å². The molecule has 0 spiro atoms. The molecule has 1 N–H and O–H groups in total. The van der Waals surface area contributed by atoms with E-state index in [9.17, 15) is 9.59 Å². The monoisotopic (exact) mass is 363 g/mol. The number of nitrogens with one attached hydrogen (secondary N) is 1. The van der Waals surface area contributed by atoms with Crippen LogP contribution in [-0.2, 0) is 9.53 Å². The van der Waals surface area contributed by atoms with Crippen molar-refractivity contribution < 1.29 is 19.1 Å². The van der Waals surface area contributed by atoms with E-state index < -0.39 is 5.97 Å². The number of esters is 1. The van der Waals surface area contributed by atoms with Crippen molar-refractivity contribution in [2.24, 2.45) is 0 Å². The minimum absolute atomic E-state index is 0.124. The molecule has 0 radical (unpaired) electrons. The van der Waals surface area contributed by atoms with Gasteiger partial charge in [-0.1, -0.05) is 48.5 Å². The third-order valence-corrected chi connectivity index (χ3v) is 4.10. The Bertz CT molecular complexity index is 952. The first-order chi connectivity index (χ1) is 13.1. The summed E-state index contributed by atoms with van der Waals surface area (Å²) in [5, 5.41) is 4.61. The zero-order valence-electron chi connectivity index (χ0n) is 15.1. The van der Waals surface area contributed by atoms with Crippen LogP contribution >= 0.6 is 0 Å². The standard InChI is InChI=1S/C22H21NO4/c1-16-6-2-5-9-20(16)26-12-13-27-21(24)15-23-22(25)19-11-10-17-7-3-4-8-18(17)14-19/h2-11,14H,12-13,15H2,1H3,(H,23,25). The molecule has 0 aromatic heterocycles. The van der Waals surface area contributed by atoms with Crippen LogP contribution in [0.25, 0.3) is 10.8 Å². The molecule has 0 saturated carbocycles. The van der Waals surface area contributed by atoms with Gasteiger partial charge in [0, 0.05) is 5.56 Å². The van der Waals surface area contributed by atoms with E-state index in [1.165, 1.54) is 0 Å². The molecule has 0 aliphatic heterocycles. The van der Waals surface area contributed by atoms with Crippen molar-refractivity contribution in [3.8, 4) is 5.75 Å².